The van der Waals surface area contributed by atoms with Crippen LogP contribution in [0.4, 0.5) is 0 Å². The standard InChI is InChI=1S/C24H50N2/c1-3-5-6-7-8-9-10-11-12-13-14-15-16-17-18-19-20-26-23-21-25(4-2)22-24-26/h3-24H2,1-2H3. The zero-order valence-corrected chi connectivity index (χ0v) is 18.5. The summed E-state index contributed by atoms with van der Waals surface area (Å²) in [7, 11) is 0. The molecular formula is C24H50N2. The summed E-state index contributed by atoms with van der Waals surface area (Å²) in [6.45, 7) is 12.3. The molecule has 1 heterocycles. The maximum atomic E-state index is 2.68. The molecule has 0 amide bonds. The van der Waals surface area contributed by atoms with Gasteiger partial charge < -0.3 is 9.80 Å². The van der Waals surface area contributed by atoms with Gasteiger partial charge >= 0.3 is 0 Å². The molecule has 1 fully saturated rings. The van der Waals surface area contributed by atoms with Gasteiger partial charge in [0.1, 0.15) is 0 Å². The highest BCUT2D eigenvalue weighted by Gasteiger charge is 2.14. The van der Waals surface area contributed by atoms with Crippen LogP contribution in [-0.4, -0.2) is 49.1 Å². The van der Waals surface area contributed by atoms with Gasteiger partial charge in [-0.15, -0.1) is 0 Å². The van der Waals surface area contributed by atoms with E-state index in [4.69, 9.17) is 0 Å². The zero-order valence-electron chi connectivity index (χ0n) is 18.5. The average Bonchev–Trinajstić information content (AvgIpc) is 2.68. The highest BCUT2D eigenvalue weighted by Crippen LogP contribution is 2.14. The predicted molar refractivity (Wildman–Crippen MR) is 118 cm³/mol. The van der Waals surface area contributed by atoms with E-state index in [1.54, 1.807) is 0 Å². The summed E-state index contributed by atoms with van der Waals surface area (Å²) in [5.41, 5.74) is 0. The third-order valence-electron chi connectivity index (χ3n) is 6.24. The van der Waals surface area contributed by atoms with Gasteiger partial charge in [0.2, 0.25) is 0 Å². The molecule has 156 valence electrons. The van der Waals surface area contributed by atoms with Gasteiger partial charge in [-0.2, -0.15) is 0 Å². The molecule has 0 spiro atoms. The second kappa shape index (κ2) is 18.3. The van der Waals surface area contributed by atoms with Crippen LogP contribution in [0.1, 0.15) is 117 Å². The Kier molecular flexibility index (Phi) is 16.9. The highest BCUT2D eigenvalue weighted by atomic mass is 15.3. The fourth-order valence-corrected chi connectivity index (χ4v) is 4.21. The molecule has 0 atom stereocenters. The molecule has 0 aromatic rings. The van der Waals surface area contributed by atoms with Crippen LogP contribution in [0.3, 0.4) is 0 Å². The first kappa shape index (κ1) is 24.0. The smallest absolute Gasteiger partial charge is 0.0110 e. The predicted octanol–water partition coefficient (Wildman–Crippen LogP) is 6.89. The molecule has 1 aliphatic rings. The van der Waals surface area contributed by atoms with E-state index in [1.807, 2.05) is 0 Å². The molecule has 0 saturated carbocycles. The number of unbranched alkanes of at least 4 members (excludes halogenated alkanes) is 15. The molecule has 1 saturated heterocycles. The minimum Gasteiger partial charge on any atom is -0.301 e. The van der Waals surface area contributed by atoms with Crippen molar-refractivity contribution in [3.05, 3.63) is 0 Å². The Bertz CT molecular complexity index is 271. The van der Waals surface area contributed by atoms with Crippen LogP contribution < -0.4 is 0 Å². The summed E-state index contributed by atoms with van der Waals surface area (Å²) in [4.78, 5) is 5.25. The topological polar surface area (TPSA) is 6.48 Å². The normalized spacial score (nSPS) is 16.4. The first-order valence-electron chi connectivity index (χ1n) is 12.3. The Balaban J connectivity index is 1.70. The summed E-state index contributed by atoms with van der Waals surface area (Å²) >= 11 is 0. The third kappa shape index (κ3) is 14.0. The first-order chi connectivity index (χ1) is 12.9. The molecular weight excluding hydrogens is 316 g/mol. The fourth-order valence-electron chi connectivity index (χ4n) is 4.21. The summed E-state index contributed by atoms with van der Waals surface area (Å²) in [6, 6.07) is 0. The largest absolute Gasteiger partial charge is 0.301 e. The van der Waals surface area contributed by atoms with Crippen LogP contribution in [0, 0.1) is 0 Å². The summed E-state index contributed by atoms with van der Waals surface area (Å²) < 4.78 is 0. The molecule has 0 aromatic carbocycles. The monoisotopic (exact) mass is 366 g/mol. The summed E-state index contributed by atoms with van der Waals surface area (Å²) in [5.74, 6) is 0. The van der Waals surface area contributed by atoms with Gasteiger partial charge in [0.25, 0.3) is 0 Å². The molecule has 2 nitrogen and oxygen atoms in total. The number of hydrogen-bond acceptors (Lipinski definition) is 2. The molecule has 26 heavy (non-hydrogen) atoms. The average molecular weight is 367 g/mol. The van der Waals surface area contributed by atoms with Gasteiger partial charge in [-0.3, -0.25) is 0 Å². The van der Waals surface area contributed by atoms with Crippen LogP contribution in [0.5, 0.6) is 0 Å². The zero-order chi connectivity index (χ0) is 18.7. The van der Waals surface area contributed by atoms with Crippen molar-refractivity contribution in [2.75, 3.05) is 39.3 Å². The maximum absolute atomic E-state index is 2.68. The first-order valence-corrected chi connectivity index (χ1v) is 12.3. The maximum Gasteiger partial charge on any atom is 0.0110 e. The van der Waals surface area contributed by atoms with Crippen LogP contribution in [0.25, 0.3) is 0 Å². The van der Waals surface area contributed by atoms with Crippen molar-refractivity contribution in [1.29, 1.82) is 0 Å². The van der Waals surface area contributed by atoms with E-state index in [1.165, 1.54) is 142 Å². The van der Waals surface area contributed by atoms with E-state index in [9.17, 15) is 0 Å². The lowest BCUT2D eigenvalue weighted by molar-refractivity contribution is 0.135. The molecule has 0 aromatic heterocycles. The molecule has 0 radical (unpaired) electrons. The van der Waals surface area contributed by atoms with Crippen molar-refractivity contribution in [3.63, 3.8) is 0 Å². The lowest BCUT2D eigenvalue weighted by atomic mass is 10.0. The minimum atomic E-state index is 1.23. The number of likely N-dealkylation sites (N-methyl/N-ethyl adjacent to an activating group) is 1. The Morgan fingerprint density at radius 2 is 0.769 bits per heavy atom. The van der Waals surface area contributed by atoms with E-state index in [2.05, 4.69) is 23.6 Å². The van der Waals surface area contributed by atoms with Crippen molar-refractivity contribution in [2.45, 2.75) is 117 Å². The van der Waals surface area contributed by atoms with Crippen LogP contribution >= 0.6 is 0 Å². The highest BCUT2D eigenvalue weighted by molar-refractivity contribution is 4.70. The third-order valence-corrected chi connectivity index (χ3v) is 6.24. The quantitative estimate of drug-likeness (QED) is 0.244. The van der Waals surface area contributed by atoms with Crippen LogP contribution in [-0.2, 0) is 0 Å². The van der Waals surface area contributed by atoms with Crippen molar-refractivity contribution in [3.8, 4) is 0 Å². The molecule has 0 aliphatic carbocycles. The van der Waals surface area contributed by atoms with Crippen molar-refractivity contribution >= 4 is 0 Å². The second-order valence-electron chi connectivity index (χ2n) is 8.58. The minimum absolute atomic E-state index is 1.23. The van der Waals surface area contributed by atoms with Crippen LogP contribution in [0.15, 0.2) is 0 Å². The van der Waals surface area contributed by atoms with E-state index in [-0.39, 0.29) is 0 Å². The Labute approximate surface area is 166 Å². The molecule has 1 rings (SSSR count). The van der Waals surface area contributed by atoms with E-state index >= 15 is 0 Å². The van der Waals surface area contributed by atoms with Gasteiger partial charge in [0, 0.05) is 26.2 Å². The molecule has 2 heteroatoms. The SMILES string of the molecule is CCCCCCCCCCCCCCCCCCN1CCN(CC)CC1. The fraction of sp³-hybridized carbons (Fsp3) is 1.00. The molecule has 0 N–H and O–H groups in total. The van der Waals surface area contributed by atoms with Gasteiger partial charge in [-0.25, -0.2) is 0 Å². The summed E-state index contributed by atoms with van der Waals surface area (Å²) in [5, 5.41) is 0. The lowest BCUT2D eigenvalue weighted by Crippen LogP contribution is -2.46. The van der Waals surface area contributed by atoms with Gasteiger partial charge in [-0.05, 0) is 19.5 Å². The summed E-state index contributed by atoms with van der Waals surface area (Å²) in [6.07, 6.45) is 23.4. The van der Waals surface area contributed by atoms with Crippen molar-refractivity contribution < 1.29 is 0 Å². The molecule has 1 aliphatic heterocycles. The van der Waals surface area contributed by atoms with Crippen LogP contribution in [0.2, 0.25) is 0 Å². The Hall–Kier alpha value is -0.0800. The van der Waals surface area contributed by atoms with Crippen molar-refractivity contribution in [1.82, 2.24) is 9.80 Å². The van der Waals surface area contributed by atoms with Gasteiger partial charge in [-0.1, -0.05) is 110 Å². The second-order valence-corrected chi connectivity index (χ2v) is 8.58. The van der Waals surface area contributed by atoms with Gasteiger partial charge in [0.15, 0.2) is 0 Å². The number of hydrogen-bond donors (Lipinski definition) is 0. The molecule has 0 unspecified atom stereocenters. The van der Waals surface area contributed by atoms with Crippen molar-refractivity contribution in [2.24, 2.45) is 0 Å². The number of rotatable bonds is 18. The Morgan fingerprint density at radius 1 is 0.423 bits per heavy atom. The lowest BCUT2D eigenvalue weighted by Gasteiger charge is -2.33. The van der Waals surface area contributed by atoms with E-state index < -0.39 is 0 Å². The van der Waals surface area contributed by atoms with Gasteiger partial charge in [0.05, 0.1) is 0 Å². The Morgan fingerprint density at radius 3 is 1.15 bits per heavy atom. The van der Waals surface area contributed by atoms with E-state index in [0.717, 1.165) is 0 Å². The van der Waals surface area contributed by atoms with E-state index in [0.29, 0.717) is 0 Å². The molecule has 0 bridgehead atoms. The number of piperazine rings is 1. The number of nitrogens with zero attached hydrogens (tertiary/aromatic N) is 2.